The molecule has 0 radical (unpaired) electrons. The van der Waals surface area contributed by atoms with Crippen molar-refractivity contribution < 1.29 is 22.7 Å². The van der Waals surface area contributed by atoms with Crippen LogP contribution in [0.5, 0.6) is 0 Å². The van der Waals surface area contributed by atoms with Crippen molar-refractivity contribution in [3.05, 3.63) is 35.9 Å². The van der Waals surface area contributed by atoms with Crippen molar-refractivity contribution in [3.8, 4) is 0 Å². The summed E-state index contributed by atoms with van der Waals surface area (Å²) in [6, 6.07) is 9.31. The van der Waals surface area contributed by atoms with E-state index in [0.29, 0.717) is 6.42 Å². The van der Waals surface area contributed by atoms with E-state index in [-0.39, 0.29) is 41.1 Å². The van der Waals surface area contributed by atoms with Crippen molar-refractivity contribution in [2.24, 2.45) is 0 Å². The maximum Gasteiger partial charge on any atom is 0.316 e. The van der Waals surface area contributed by atoms with E-state index in [2.05, 4.69) is 5.32 Å². The van der Waals surface area contributed by atoms with Gasteiger partial charge in [0.05, 0.1) is 23.3 Å². The highest BCUT2D eigenvalue weighted by molar-refractivity contribution is 8.02. The summed E-state index contributed by atoms with van der Waals surface area (Å²) in [4.78, 5) is 23.5. The van der Waals surface area contributed by atoms with Gasteiger partial charge in [0.2, 0.25) is 0 Å². The summed E-state index contributed by atoms with van der Waals surface area (Å²) in [5.74, 6) is -0.527. The first-order valence-corrected chi connectivity index (χ1v) is 10.5. The zero-order chi connectivity index (χ0) is 17.6. The monoisotopic (exact) mass is 371 g/mol. The Morgan fingerprint density at radius 3 is 2.67 bits per heavy atom. The van der Waals surface area contributed by atoms with Gasteiger partial charge in [0.25, 0.3) is 5.91 Å². The van der Waals surface area contributed by atoms with Crippen LogP contribution < -0.4 is 5.32 Å². The Bertz CT molecular complexity index is 675. The van der Waals surface area contributed by atoms with E-state index in [0.717, 1.165) is 5.56 Å². The first kappa shape index (κ1) is 18.8. The lowest BCUT2D eigenvalue weighted by Crippen LogP contribution is -2.31. The second kappa shape index (κ2) is 8.53. The molecule has 1 aromatic carbocycles. The van der Waals surface area contributed by atoms with Gasteiger partial charge in [0.15, 0.2) is 16.4 Å². The van der Waals surface area contributed by atoms with Gasteiger partial charge in [-0.3, -0.25) is 9.59 Å². The number of sulfone groups is 1. The maximum absolute atomic E-state index is 11.8. The number of ether oxygens (including phenoxy) is 1. The van der Waals surface area contributed by atoms with Gasteiger partial charge in [0, 0.05) is 5.25 Å². The third kappa shape index (κ3) is 6.16. The minimum absolute atomic E-state index is 0.0572. The topological polar surface area (TPSA) is 89.5 Å². The van der Waals surface area contributed by atoms with Gasteiger partial charge in [-0.15, -0.1) is 11.8 Å². The summed E-state index contributed by atoms with van der Waals surface area (Å²) < 4.78 is 27.6. The molecule has 1 aliphatic heterocycles. The molecule has 6 nitrogen and oxygen atoms in total. The molecule has 1 saturated heterocycles. The molecule has 0 spiro atoms. The third-order valence-electron chi connectivity index (χ3n) is 3.67. The quantitative estimate of drug-likeness (QED) is 0.727. The average Bonchev–Trinajstić information content (AvgIpc) is 2.91. The number of nitrogens with one attached hydrogen (secondary N) is 1. The molecule has 0 bridgehead atoms. The summed E-state index contributed by atoms with van der Waals surface area (Å²) in [6.45, 7) is 1.52. The Morgan fingerprint density at radius 2 is 2.04 bits per heavy atom. The van der Waals surface area contributed by atoms with E-state index in [1.165, 1.54) is 11.8 Å². The molecule has 2 atom stereocenters. The van der Waals surface area contributed by atoms with Crippen LogP contribution in [0.25, 0.3) is 0 Å². The van der Waals surface area contributed by atoms with E-state index in [9.17, 15) is 18.0 Å². The number of thioether (sulfide) groups is 1. The third-order valence-corrected chi connectivity index (χ3v) is 6.92. The number of amides is 1. The van der Waals surface area contributed by atoms with Crippen molar-refractivity contribution in [2.75, 3.05) is 23.9 Å². The van der Waals surface area contributed by atoms with Crippen molar-refractivity contribution in [1.29, 1.82) is 0 Å². The highest BCUT2D eigenvalue weighted by atomic mass is 32.2. The lowest BCUT2D eigenvalue weighted by molar-refractivity contribution is -0.146. The molecule has 1 N–H and O–H groups in total. The molecule has 2 rings (SSSR count). The minimum atomic E-state index is -2.95. The molecule has 1 amide bonds. The van der Waals surface area contributed by atoms with E-state index in [1.54, 1.807) is 0 Å². The largest absolute Gasteiger partial charge is 0.455 e. The van der Waals surface area contributed by atoms with Gasteiger partial charge in [-0.1, -0.05) is 30.3 Å². The molecule has 132 valence electrons. The van der Waals surface area contributed by atoms with Gasteiger partial charge in [-0.25, -0.2) is 8.42 Å². The van der Waals surface area contributed by atoms with Gasteiger partial charge < -0.3 is 10.1 Å². The standard InChI is InChI=1S/C16H21NO5S2/c1-12(13-5-3-2-4-6-13)17-15(18)9-22-16(19)10-23-14-7-8-24(20,21)11-14/h2-6,12,14H,7-11H2,1H3,(H,17,18)/t12-,14-/m0/s1. The van der Waals surface area contributed by atoms with Gasteiger partial charge in [-0.2, -0.15) is 0 Å². The lowest BCUT2D eigenvalue weighted by atomic mass is 10.1. The van der Waals surface area contributed by atoms with Crippen LogP contribution in [0.2, 0.25) is 0 Å². The molecule has 0 unspecified atom stereocenters. The predicted molar refractivity (Wildman–Crippen MR) is 93.5 cm³/mol. The second-order valence-electron chi connectivity index (χ2n) is 5.70. The van der Waals surface area contributed by atoms with Gasteiger partial charge in [0.1, 0.15) is 0 Å². The van der Waals surface area contributed by atoms with E-state index < -0.39 is 15.8 Å². The zero-order valence-corrected chi connectivity index (χ0v) is 15.1. The van der Waals surface area contributed by atoms with Crippen LogP contribution >= 0.6 is 11.8 Å². The number of esters is 1. The Labute approximate surface area is 146 Å². The summed E-state index contributed by atoms with van der Waals surface area (Å²) in [7, 11) is -2.95. The van der Waals surface area contributed by atoms with Crippen molar-refractivity contribution in [1.82, 2.24) is 5.32 Å². The van der Waals surface area contributed by atoms with Crippen LogP contribution in [0, 0.1) is 0 Å². The maximum atomic E-state index is 11.8. The van der Waals surface area contributed by atoms with E-state index >= 15 is 0 Å². The Balaban J connectivity index is 1.65. The van der Waals surface area contributed by atoms with Crippen LogP contribution in [0.15, 0.2) is 30.3 Å². The molecule has 8 heteroatoms. The van der Waals surface area contributed by atoms with Crippen molar-refractivity contribution in [2.45, 2.75) is 24.6 Å². The minimum Gasteiger partial charge on any atom is -0.455 e. The fourth-order valence-corrected chi connectivity index (χ4v) is 5.81. The Kier molecular flexibility index (Phi) is 6.68. The van der Waals surface area contributed by atoms with E-state index in [1.807, 2.05) is 37.3 Å². The first-order chi connectivity index (χ1) is 11.4. The van der Waals surface area contributed by atoms with Crippen LogP contribution in [0.4, 0.5) is 0 Å². The molecule has 1 heterocycles. The molecule has 0 aromatic heterocycles. The van der Waals surface area contributed by atoms with Gasteiger partial charge >= 0.3 is 5.97 Å². The lowest BCUT2D eigenvalue weighted by Gasteiger charge is -2.14. The summed E-state index contributed by atoms with van der Waals surface area (Å²) in [6.07, 6.45) is 0.565. The number of benzene rings is 1. The van der Waals surface area contributed by atoms with Crippen LogP contribution in [0.3, 0.4) is 0 Å². The highest BCUT2D eigenvalue weighted by Crippen LogP contribution is 2.24. The number of hydrogen-bond donors (Lipinski definition) is 1. The van der Waals surface area contributed by atoms with E-state index in [4.69, 9.17) is 4.74 Å². The fourth-order valence-electron chi connectivity index (χ4n) is 2.37. The van der Waals surface area contributed by atoms with Crippen LogP contribution in [0.1, 0.15) is 24.9 Å². The van der Waals surface area contributed by atoms with Crippen molar-refractivity contribution in [3.63, 3.8) is 0 Å². The van der Waals surface area contributed by atoms with Gasteiger partial charge in [-0.05, 0) is 18.9 Å². The highest BCUT2D eigenvalue weighted by Gasteiger charge is 2.28. The smallest absolute Gasteiger partial charge is 0.316 e. The molecule has 1 aromatic rings. The number of rotatable bonds is 7. The molecule has 0 saturated carbocycles. The van der Waals surface area contributed by atoms with Crippen molar-refractivity contribution >= 4 is 33.5 Å². The zero-order valence-electron chi connectivity index (χ0n) is 13.4. The number of carbonyl (C=O) groups excluding carboxylic acids is 2. The predicted octanol–water partition coefficient (Wildman–Crippen LogP) is 1.33. The Morgan fingerprint density at radius 1 is 1.33 bits per heavy atom. The molecule has 0 aliphatic carbocycles. The molecule has 1 fully saturated rings. The van der Waals surface area contributed by atoms with Crippen LogP contribution in [-0.4, -0.2) is 49.4 Å². The SMILES string of the molecule is C[C@H](NC(=O)COC(=O)CS[C@H]1CCS(=O)(=O)C1)c1ccccc1. The first-order valence-electron chi connectivity index (χ1n) is 7.68. The second-order valence-corrected chi connectivity index (χ2v) is 9.21. The molecule has 1 aliphatic rings. The van der Waals surface area contributed by atoms with Crippen LogP contribution in [-0.2, 0) is 24.2 Å². The normalized spacial score (nSPS) is 20.3. The molecular formula is C16H21NO5S2. The average molecular weight is 371 g/mol. The summed E-state index contributed by atoms with van der Waals surface area (Å²) in [5.41, 5.74) is 0.968. The Hall–Kier alpha value is -1.54. The molecule has 24 heavy (non-hydrogen) atoms. The number of hydrogen-bond acceptors (Lipinski definition) is 6. The summed E-state index contributed by atoms with van der Waals surface area (Å²) >= 11 is 1.27. The summed E-state index contributed by atoms with van der Waals surface area (Å²) in [5, 5.41) is 2.70. The fraction of sp³-hybridized carbons (Fsp3) is 0.500. The molecular weight excluding hydrogens is 350 g/mol. The number of carbonyl (C=O) groups is 2.